The predicted octanol–water partition coefficient (Wildman–Crippen LogP) is 3.64. The minimum absolute atomic E-state index is 0.318. The topological polar surface area (TPSA) is 75.3 Å². The second kappa shape index (κ2) is 8.36. The highest BCUT2D eigenvalue weighted by Crippen LogP contribution is 2.28. The van der Waals surface area contributed by atoms with Crippen LogP contribution in [0.15, 0.2) is 47.6 Å². The summed E-state index contributed by atoms with van der Waals surface area (Å²) in [7, 11) is 0. The number of aryl methyl sites for hydroxylation is 1. The van der Waals surface area contributed by atoms with Crippen LogP contribution >= 0.6 is 0 Å². The van der Waals surface area contributed by atoms with Gasteiger partial charge in [-0.3, -0.25) is 4.99 Å². The van der Waals surface area contributed by atoms with Crippen LogP contribution in [0.5, 0.6) is 0 Å². The molecule has 0 aliphatic carbocycles. The number of aromatic nitrogens is 1. The highest BCUT2D eigenvalue weighted by atomic mass is 19.4. The number of nitrogens with one attached hydrogen (secondary N) is 2. The van der Waals surface area contributed by atoms with Gasteiger partial charge in [0.05, 0.1) is 5.56 Å². The minimum atomic E-state index is -4.37. The molecule has 25 heavy (non-hydrogen) atoms. The molecule has 0 spiro atoms. The van der Waals surface area contributed by atoms with Crippen LogP contribution < -0.4 is 16.4 Å². The summed E-state index contributed by atoms with van der Waals surface area (Å²) < 4.78 is 37.3. The zero-order valence-electron chi connectivity index (χ0n) is 13.8. The second-order valence-corrected chi connectivity index (χ2v) is 5.47. The van der Waals surface area contributed by atoms with Gasteiger partial charge in [-0.05, 0) is 43.2 Å². The van der Waals surface area contributed by atoms with Crippen LogP contribution in [0, 0.1) is 6.92 Å². The van der Waals surface area contributed by atoms with Crippen molar-refractivity contribution in [2.75, 3.05) is 23.7 Å². The van der Waals surface area contributed by atoms with Gasteiger partial charge in [-0.2, -0.15) is 13.2 Å². The van der Waals surface area contributed by atoms with Crippen molar-refractivity contribution in [2.24, 2.45) is 10.7 Å². The molecule has 134 valence electrons. The average Bonchev–Trinajstić information content (AvgIpc) is 2.54. The van der Waals surface area contributed by atoms with Gasteiger partial charge in [-0.15, -0.1) is 0 Å². The first-order chi connectivity index (χ1) is 11.8. The van der Waals surface area contributed by atoms with E-state index in [0.717, 1.165) is 23.5 Å². The Hall–Kier alpha value is -2.77. The first kappa shape index (κ1) is 18.6. The van der Waals surface area contributed by atoms with E-state index in [9.17, 15) is 13.2 Å². The molecule has 2 aromatic rings. The third kappa shape index (κ3) is 6.33. The Morgan fingerprint density at radius 3 is 2.68 bits per heavy atom. The first-order valence-electron chi connectivity index (χ1n) is 7.75. The third-order valence-electron chi connectivity index (χ3n) is 3.30. The lowest BCUT2D eigenvalue weighted by Gasteiger charge is -2.08. The molecule has 0 bridgehead atoms. The van der Waals surface area contributed by atoms with Gasteiger partial charge in [0.15, 0.2) is 5.96 Å². The molecule has 8 heteroatoms. The molecule has 1 aromatic carbocycles. The second-order valence-electron chi connectivity index (χ2n) is 5.47. The molecule has 0 saturated heterocycles. The van der Waals surface area contributed by atoms with E-state index < -0.39 is 11.7 Å². The number of nitrogens with zero attached hydrogens (tertiary/aromatic N) is 2. The Morgan fingerprint density at radius 2 is 2.04 bits per heavy atom. The van der Waals surface area contributed by atoms with Crippen molar-refractivity contribution >= 4 is 17.5 Å². The van der Waals surface area contributed by atoms with Gasteiger partial charge in [0, 0.05) is 25.0 Å². The number of anilines is 2. The highest BCUT2D eigenvalue weighted by Gasteiger charge is 2.30. The molecular weight excluding hydrogens is 331 g/mol. The van der Waals surface area contributed by atoms with Gasteiger partial charge in [-0.1, -0.05) is 12.1 Å². The maximum atomic E-state index is 12.4. The van der Waals surface area contributed by atoms with E-state index in [1.807, 2.05) is 31.2 Å². The van der Waals surface area contributed by atoms with E-state index in [1.165, 1.54) is 6.07 Å². The SMILES string of the molecule is Cc1cccc(NC(N)=NCCCNc2ccc(C(F)(F)F)cn2)c1. The quantitative estimate of drug-likeness (QED) is 0.422. The fourth-order valence-corrected chi connectivity index (χ4v) is 2.07. The van der Waals surface area contributed by atoms with E-state index in [2.05, 4.69) is 20.6 Å². The first-order valence-corrected chi connectivity index (χ1v) is 7.75. The van der Waals surface area contributed by atoms with E-state index in [0.29, 0.717) is 31.3 Å². The summed E-state index contributed by atoms with van der Waals surface area (Å²) in [5.41, 5.74) is 7.03. The Balaban J connectivity index is 1.72. The van der Waals surface area contributed by atoms with Crippen molar-refractivity contribution < 1.29 is 13.2 Å². The summed E-state index contributed by atoms with van der Waals surface area (Å²) in [5, 5.41) is 5.95. The number of guanidine groups is 1. The van der Waals surface area contributed by atoms with Gasteiger partial charge in [-0.25, -0.2) is 4.98 Å². The summed E-state index contributed by atoms with van der Waals surface area (Å²) in [6.45, 7) is 3.00. The number of hydrogen-bond donors (Lipinski definition) is 3. The van der Waals surface area contributed by atoms with Gasteiger partial charge in [0.2, 0.25) is 0 Å². The highest BCUT2D eigenvalue weighted by molar-refractivity contribution is 5.92. The number of pyridine rings is 1. The van der Waals surface area contributed by atoms with E-state index in [4.69, 9.17) is 5.73 Å². The fraction of sp³-hybridized carbons (Fsp3) is 0.294. The lowest BCUT2D eigenvalue weighted by Crippen LogP contribution is -2.23. The molecule has 0 amide bonds. The number of benzene rings is 1. The van der Waals surface area contributed by atoms with Gasteiger partial charge in [0.25, 0.3) is 0 Å². The molecule has 1 heterocycles. The smallest absolute Gasteiger partial charge is 0.370 e. The lowest BCUT2D eigenvalue weighted by molar-refractivity contribution is -0.137. The van der Waals surface area contributed by atoms with Crippen molar-refractivity contribution in [1.29, 1.82) is 0 Å². The molecule has 0 aliphatic rings. The van der Waals surface area contributed by atoms with Crippen LogP contribution in [0.4, 0.5) is 24.7 Å². The summed E-state index contributed by atoms with van der Waals surface area (Å²) in [6.07, 6.45) is -2.90. The Morgan fingerprint density at radius 1 is 1.24 bits per heavy atom. The van der Waals surface area contributed by atoms with Crippen LogP contribution in [0.1, 0.15) is 17.5 Å². The number of nitrogens with two attached hydrogens (primary N) is 1. The summed E-state index contributed by atoms with van der Waals surface area (Å²) >= 11 is 0. The molecule has 0 fully saturated rings. The molecular formula is C17H20F3N5. The van der Waals surface area contributed by atoms with Crippen LogP contribution in [0.25, 0.3) is 0 Å². The summed E-state index contributed by atoms with van der Waals surface area (Å²) in [5.74, 6) is 0.709. The third-order valence-corrected chi connectivity index (χ3v) is 3.30. The standard InChI is InChI=1S/C17H20F3N5/c1-12-4-2-5-14(10-12)25-16(21)23-9-3-8-22-15-7-6-13(11-24-15)17(18,19)20/h2,4-7,10-11H,3,8-9H2,1H3,(H,22,24)(H3,21,23,25). The van der Waals surface area contributed by atoms with Crippen molar-refractivity contribution in [3.8, 4) is 0 Å². The predicted molar refractivity (Wildman–Crippen MR) is 93.6 cm³/mol. The molecule has 4 N–H and O–H groups in total. The molecule has 0 radical (unpaired) electrons. The molecule has 2 rings (SSSR count). The minimum Gasteiger partial charge on any atom is -0.370 e. The van der Waals surface area contributed by atoms with Crippen molar-refractivity contribution in [1.82, 2.24) is 4.98 Å². The molecule has 0 unspecified atom stereocenters. The van der Waals surface area contributed by atoms with E-state index in [1.54, 1.807) is 0 Å². The van der Waals surface area contributed by atoms with Crippen LogP contribution in [0.3, 0.4) is 0 Å². The number of hydrogen-bond acceptors (Lipinski definition) is 3. The van der Waals surface area contributed by atoms with Crippen molar-refractivity contribution in [2.45, 2.75) is 19.5 Å². The molecule has 0 saturated carbocycles. The van der Waals surface area contributed by atoms with Gasteiger partial charge in [0.1, 0.15) is 5.82 Å². The number of aliphatic imine (C=N–C) groups is 1. The molecule has 0 aliphatic heterocycles. The van der Waals surface area contributed by atoms with E-state index >= 15 is 0 Å². The van der Waals surface area contributed by atoms with Crippen molar-refractivity contribution in [3.63, 3.8) is 0 Å². The summed E-state index contributed by atoms with van der Waals surface area (Å²) in [6, 6.07) is 10.1. The maximum absolute atomic E-state index is 12.4. The van der Waals surface area contributed by atoms with Crippen LogP contribution in [-0.4, -0.2) is 24.0 Å². The molecule has 5 nitrogen and oxygen atoms in total. The molecule has 1 aromatic heterocycles. The Labute approximate surface area is 144 Å². The number of rotatable bonds is 6. The zero-order chi connectivity index (χ0) is 18.3. The van der Waals surface area contributed by atoms with Crippen LogP contribution in [0.2, 0.25) is 0 Å². The number of halogens is 3. The molecule has 0 atom stereocenters. The summed E-state index contributed by atoms with van der Waals surface area (Å²) in [4.78, 5) is 7.94. The number of alkyl halides is 3. The van der Waals surface area contributed by atoms with Crippen LogP contribution in [-0.2, 0) is 6.18 Å². The largest absolute Gasteiger partial charge is 0.417 e. The Kier molecular flexibility index (Phi) is 6.21. The van der Waals surface area contributed by atoms with Gasteiger partial charge >= 0.3 is 6.18 Å². The fourth-order valence-electron chi connectivity index (χ4n) is 2.07. The maximum Gasteiger partial charge on any atom is 0.417 e. The van der Waals surface area contributed by atoms with Gasteiger partial charge < -0.3 is 16.4 Å². The van der Waals surface area contributed by atoms with Crippen molar-refractivity contribution in [3.05, 3.63) is 53.7 Å². The normalized spacial score (nSPS) is 12.1. The lowest BCUT2D eigenvalue weighted by atomic mass is 10.2. The van der Waals surface area contributed by atoms with E-state index in [-0.39, 0.29) is 0 Å². The monoisotopic (exact) mass is 351 g/mol. The average molecular weight is 351 g/mol. The zero-order valence-corrected chi connectivity index (χ0v) is 13.8. The Bertz CT molecular complexity index is 711.